The lowest BCUT2D eigenvalue weighted by molar-refractivity contribution is -0.119. The van der Waals surface area contributed by atoms with E-state index in [-0.39, 0.29) is 12.5 Å². The Balaban J connectivity index is 1.58. The van der Waals surface area contributed by atoms with Gasteiger partial charge in [-0.2, -0.15) is 5.10 Å². The van der Waals surface area contributed by atoms with Crippen molar-refractivity contribution >= 4 is 0 Å². The average Bonchev–Trinajstić information content (AvgIpc) is 3.01. The summed E-state index contributed by atoms with van der Waals surface area (Å²) in [6, 6.07) is 10.0. The molecule has 6 heteroatoms. The number of H-pyrrole nitrogens is 1. The molecule has 0 unspecified atom stereocenters. The van der Waals surface area contributed by atoms with Crippen molar-refractivity contribution in [3.05, 3.63) is 42.1 Å². The van der Waals surface area contributed by atoms with Gasteiger partial charge in [0, 0.05) is 24.6 Å². The Labute approximate surface area is 129 Å². The Kier molecular flexibility index (Phi) is 4.84. The van der Waals surface area contributed by atoms with Crippen molar-refractivity contribution in [3.8, 4) is 11.3 Å². The number of hydrogen-bond acceptors (Lipinski definition) is 5. The molecule has 1 aliphatic heterocycles. The molecule has 0 spiro atoms. The molecule has 4 N–H and O–H groups in total. The van der Waals surface area contributed by atoms with Crippen LogP contribution < -0.4 is 5.32 Å². The number of aliphatic hydroxyl groups excluding tert-OH is 2. The second kappa shape index (κ2) is 7.02. The maximum atomic E-state index is 9.94. The first-order valence-electron chi connectivity index (χ1n) is 7.48. The number of aromatic nitrogens is 2. The highest BCUT2D eigenvalue weighted by atomic mass is 16.5. The molecule has 1 saturated heterocycles. The van der Waals surface area contributed by atoms with Crippen molar-refractivity contribution in [2.75, 3.05) is 19.8 Å². The van der Waals surface area contributed by atoms with Gasteiger partial charge >= 0.3 is 0 Å². The van der Waals surface area contributed by atoms with Crippen LogP contribution in [0, 0.1) is 5.92 Å². The predicted octanol–water partition coefficient (Wildman–Crippen LogP) is 0.534. The van der Waals surface area contributed by atoms with Gasteiger partial charge in [0.15, 0.2) is 0 Å². The van der Waals surface area contributed by atoms with Gasteiger partial charge in [0.25, 0.3) is 0 Å². The number of nitrogens with one attached hydrogen (secondary N) is 2. The summed E-state index contributed by atoms with van der Waals surface area (Å²) in [5.74, 6) is -0.101. The molecule has 2 aromatic rings. The minimum atomic E-state index is -0.797. The molecule has 6 nitrogen and oxygen atoms in total. The lowest BCUT2D eigenvalue weighted by Crippen LogP contribution is -2.47. The van der Waals surface area contributed by atoms with Gasteiger partial charge in [0.2, 0.25) is 0 Å². The first-order valence-corrected chi connectivity index (χ1v) is 7.48. The Morgan fingerprint density at radius 1 is 1.23 bits per heavy atom. The van der Waals surface area contributed by atoms with Gasteiger partial charge in [0.05, 0.1) is 31.2 Å². The molecule has 118 valence electrons. The van der Waals surface area contributed by atoms with Crippen molar-refractivity contribution in [2.45, 2.75) is 18.8 Å². The molecular formula is C16H21N3O3. The number of ether oxygens (including phenoxy) is 1. The standard InChI is InChI=1S/C16H21N3O3/c20-14-10-22-9-13(16(14)21)7-17-6-12-8-18-19-15(12)11-4-2-1-3-5-11/h1-5,8,13-14,16-17,20-21H,6-7,9-10H2,(H,18,19)/t13-,14-,16+/m1/s1. The lowest BCUT2D eigenvalue weighted by Gasteiger charge is -2.31. The van der Waals surface area contributed by atoms with E-state index < -0.39 is 12.2 Å². The molecule has 3 atom stereocenters. The van der Waals surface area contributed by atoms with E-state index in [1.807, 2.05) is 30.3 Å². The first-order chi connectivity index (χ1) is 10.8. The summed E-state index contributed by atoms with van der Waals surface area (Å²) in [5.41, 5.74) is 3.15. The Morgan fingerprint density at radius 3 is 2.86 bits per heavy atom. The number of aliphatic hydroxyl groups is 2. The van der Waals surface area contributed by atoms with E-state index in [9.17, 15) is 10.2 Å². The fourth-order valence-corrected chi connectivity index (χ4v) is 2.72. The van der Waals surface area contributed by atoms with E-state index in [4.69, 9.17) is 4.74 Å². The van der Waals surface area contributed by atoms with E-state index in [2.05, 4.69) is 15.5 Å². The number of aromatic amines is 1. The van der Waals surface area contributed by atoms with Gasteiger partial charge in [0.1, 0.15) is 6.10 Å². The summed E-state index contributed by atoms with van der Waals surface area (Å²) in [6.07, 6.45) is 0.270. The molecule has 3 rings (SSSR count). The van der Waals surface area contributed by atoms with E-state index >= 15 is 0 Å². The minimum Gasteiger partial charge on any atom is -0.390 e. The van der Waals surface area contributed by atoms with Crippen LogP contribution in [-0.2, 0) is 11.3 Å². The van der Waals surface area contributed by atoms with Gasteiger partial charge in [-0.15, -0.1) is 0 Å². The quantitative estimate of drug-likeness (QED) is 0.647. The monoisotopic (exact) mass is 303 g/mol. The normalized spacial score (nSPS) is 25.3. The SMILES string of the molecule is O[C@H]1[C@H](CNCc2cn[nH]c2-c2ccccc2)COC[C@H]1O. The first kappa shape index (κ1) is 15.2. The summed E-state index contributed by atoms with van der Waals surface area (Å²) < 4.78 is 5.28. The average molecular weight is 303 g/mol. The molecule has 0 bridgehead atoms. The van der Waals surface area contributed by atoms with Crippen molar-refractivity contribution < 1.29 is 14.9 Å². The maximum absolute atomic E-state index is 9.94. The summed E-state index contributed by atoms with van der Waals surface area (Å²) in [4.78, 5) is 0. The Morgan fingerprint density at radius 2 is 2.05 bits per heavy atom. The van der Waals surface area contributed by atoms with Crippen LogP contribution in [0.5, 0.6) is 0 Å². The molecule has 1 aliphatic rings. The molecular weight excluding hydrogens is 282 g/mol. The van der Waals surface area contributed by atoms with Crippen molar-refractivity contribution in [3.63, 3.8) is 0 Å². The molecule has 1 fully saturated rings. The van der Waals surface area contributed by atoms with Crippen LogP contribution in [0.1, 0.15) is 5.56 Å². The fraction of sp³-hybridized carbons (Fsp3) is 0.438. The van der Waals surface area contributed by atoms with E-state index in [1.54, 1.807) is 6.20 Å². The summed E-state index contributed by atoms with van der Waals surface area (Å²) in [6.45, 7) is 1.89. The highest BCUT2D eigenvalue weighted by Gasteiger charge is 2.30. The number of benzene rings is 1. The minimum absolute atomic E-state index is 0.101. The van der Waals surface area contributed by atoms with Gasteiger partial charge in [-0.25, -0.2) is 0 Å². The summed E-state index contributed by atoms with van der Waals surface area (Å²) in [5, 5.41) is 30.0. The van der Waals surface area contributed by atoms with Gasteiger partial charge in [-0.3, -0.25) is 5.10 Å². The van der Waals surface area contributed by atoms with E-state index in [1.165, 1.54) is 0 Å². The number of nitrogens with zero attached hydrogens (tertiary/aromatic N) is 1. The topological polar surface area (TPSA) is 90.4 Å². The molecule has 0 aliphatic carbocycles. The molecule has 1 aromatic carbocycles. The molecule has 22 heavy (non-hydrogen) atoms. The molecule has 0 amide bonds. The number of rotatable bonds is 5. The van der Waals surface area contributed by atoms with E-state index in [0.717, 1.165) is 16.8 Å². The third kappa shape index (κ3) is 3.36. The van der Waals surface area contributed by atoms with E-state index in [0.29, 0.717) is 19.7 Å². The largest absolute Gasteiger partial charge is 0.390 e. The molecule has 1 aromatic heterocycles. The number of hydrogen-bond donors (Lipinski definition) is 4. The van der Waals surface area contributed by atoms with Crippen LogP contribution in [0.2, 0.25) is 0 Å². The zero-order valence-corrected chi connectivity index (χ0v) is 12.3. The van der Waals surface area contributed by atoms with Crippen LogP contribution in [-0.4, -0.2) is 52.4 Å². The third-order valence-electron chi connectivity index (χ3n) is 4.00. The van der Waals surface area contributed by atoms with Gasteiger partial charge in [-0.1, -0.05) is 30.3 Å². The highest BCUT2D eigenvalue weighted by Crippen LogP contribution is 2.20. The van der Waals surface area contributed by atoms with Gasteiger partial charge < -0.3 is 20.3 Å². The van der Waals surface area contributed by atoms with Crippen LogP contribution in [0.4, 0.5) is 0 Å². The second-order valence-corrected chi connectivity index (χ2v) is 5.62. The van der Waals surface area contributed by atoms with Crippen LogP contribution in [0.25, 0.3) is 11.3 Å². The second-order valence-electron chi connectivity index (χ2n) is 5.62. The fourth-order valence-electron chi connectivity index (χ4n) is 2.72. The van der Waals surface area contributed by atoms with Gasteiger partial charge in [-0.05, 0) is 5.56 Å². The zero-order chi connectivity index (χ0) is 15.4. The van der Waals surface area contributed by atoms with Crippen LogP contribution in [0.15, 0.2) is 36.5 Å². The van der Waals surface area contributed by atoms with Crippen LogP contribution in [0.3, 0.4) is 0 Å². The lowest BCUT2D eigenvalue weighted by atomic mass is 9.96. The smallest absolute Gasteiger partial charge is 0.104 e. The summed E-state index contributed by atoms with van der Waals surface area (Å²) in [7, 11) is 0. The molecule has 0 radical (unpaired) electrons. The Bertz CT molecular complexity index is 587. The summed E-state index contributed by atoms with van der Waals surface area (Å²) >= 11 is 0. The highest BCUT2D eigenvalue weighted by molar-refractivity contribution is 5.62. The molecule has 2 heterocycles. The zero-order valence-electron chi connectivity index (χ0n) is 12.3. The van der Waals surface area contributed by atoms with Crippen LogP contribution >= 0.6 is 0 Å². The van der Waals surface area contributed by atoms with Crippen molar-refractivity contribution in [1.29, 1.82) is 0 Å². The molecule has 0 saturated carbocycles. The van der Waals surface area contributed by atoms with Crippen molar-refractivity contribution in [2.24, 2.45) is 5.92 Å². The maximum Gasteiger partial charge on any atom is 0.104 e. The predicted molar refractivity (Wildman–Crippen MR) is 82.1 cm³/mol. The third-order valence-corrected chi connectivity index (χ3v) is 4.00. The van der Waals surface area contributed by atoms with Crippen molar-refractivity contribution in [1.82, 2.24) is 15.5 Å². The Hall–Kier alpha value is -1.73.